The predicted molar refractivity (Wildman–Crippen MR) is 40.9 cm³/mol. The highest BCUT2D eigenvalue weighted by molar-refractivity contribution is 6.31. The third kappa shape index (κ3) is 1.62. The number of methoxy groups -OCH3 is 1. The zero-order chi connectivity index (χ0) is 9.14. The van der Waals surface area contributed by atoms with Crippen LogP contribution >= 0.6 is 11.6 Å². The minimum atomic E-state index is -0.352. The van der Waals surface area contributed by atoms with Crippen molar-refractivity contribution in [2.45, 2.75) is 0 Å². The van der Waals surface area contributed by atoms with Gasteiger partial charge >= 0.3 is 5.69 Å². The Morgan fingerprint density at radius 2 is 2.33 bits per heavy atom. The molecule has 0 aromatic carbocycles. The van der Waals surface area contributed by atoms with Crippen molar-refractivity contribution in [1.82, 2.24) is 4.98 Å². The first-order valence-corrected chi connectivity index (χ1v) is 3.39. The molecule has 1 N–H and O–H groups in total. The van der Waals surface area contributed by atoms with Crippen LogP contribution in [-0.4, -0.2) is 22.2 Å². The summed E-state index contributed by atoms with van der Waals surface area (Å²) in [4.78, 5) is 13.7. The van der Waals surface area contributed by atoms with E-state index in [0.29, 0.717) is 0 Å². The van der Waals surface area contributed by atoms with Gasteiger partial charge in [0.15, 0.2) is 0 Å². The number of hydrogen-bond donors (Lipinski definition) is 1. The van der Waals surface area contributed by atoms with Crippen LogP contribution in [0.1, 0.15) is 0 Å². The van der Waals surface area contributed by atoms with Gasteiger partial charge in [0.1, 0.15) is 0 Å². The molecule has 0 aliphatic carbocycles. The lowest BCUT2D eigenvalue weighted by molar-refractivity contribution is -0.729. The Labute approximate surface area is 73.1 Å². The van der Waals surface area contributed by atoms with Gasteiger partial charge < -0.3 is 4.74 Å². The molecule has 0 aliphatic rings. The summed E-state index contributed by atoms with van der Waals surface area (Å²) in [5, 5.41) is 8.38. The van der Waals surface area contributed by atoms with Gasteiger partial charge in [-0.25, -0.2) is 5.21 Å². The molecule has 1 heterocycles. The van der Waals surface area contributed by atoms with Gasteiger partial charge in [-0.1, -0.05) is 11.6 Å². The standard InChI is InChI=1S/C6H6ClN2O3/c1-12-5-3-2-4(9(10)11)6(7)8-5/h2-3H,1H3,(H,10,11)/q+1. The largest absolute Gasteiger partial charge is 0.481 e. The van der Waals surface area contributed by atoms with E-state index in [4.69, 9.17) is 21.5 Å². The smallest absolute Gasteiger partial charge is 0.353 e. The van der Waals surface area contributed by atoms with Crippen LogP contribution in [-0.2, 0) is 0 Å². The van der Waals surface area contributed by atoms with Gasteiger partial charge in [0.05, 0.1) is 12.0 Å². The van der Waals surface area contributed by atoms with E-state index in [0.717, 1.165) is 0 Å². The summed E-state index contributed by atoms with van der Waals surface area (Å²) in [6.07, 6.45) is 0. The van der Waals surface area contributed by atoms with Crippen LogP contribution in [0.2, 0.25) is 5.15 Å². The summed E-state index contributed by atoms with van der Waals surface area (Å²) in [7, 11) is 1.42. The van der Waals surface area contributed by atoms with Crippen LogP contribution in [0.5, 0.6) is 5.88 Å². The minimum absolute atomic E-state index is 0.105. The number of hydrogen-bond acceptors (Lipinski definition) is 3. The van der Waals surface area contributed by atoms with E-state index < -0.39 is 0 Å². The van der Waals surface area contributed by atoms with Crippen molar-refractivity contribution < 1.29 is 14.9 Å². The van der Waals surface area contributed by atoms with Crippen molar-refractivity contribution in [3.63, 3.8) is 0 Å². The minimum Gasteiger partial charge on any atom is -0.481 e. The van der Waals surface area contributed by atoms with Crippen LogP contribution in [0.15, 0.2) is 12.1 Å². The predicted octanol–water partition coefficient (Wildman–Crippen LogP) is 1.54. The fourth-order valence-corrected chi connectivity index (χ4v) is 0.885. The highest BCUT2D eigenvalue weighted by Crippen LogP contribution is 2.23. The molecule has 0 spiro atoms. The van der Waals surface area contributed by atoms with Gasteiger partial charge in [0.2, 0.25) is 11.0 Å². The first-order chi connectivity index (χ1) is 5.65. The van der Waals surface area contributed by atoms with Crippen molar-refractivity contribution in [2.24, 2.45) is 0 Å². The van der Waals surface area contributed by atoms with E-state index >= 15 is 0 Å². The maximum atomic E-state index is 10.4. The van der Waals surface area contributed by atoms with Crippen LogP contribution < -0.4 is 4.74 Å². The molecule has 12 heavy (non-hydrogen) atoms. The third-order valence-corrected chi connectivity index (χ3v) is 1.50. The molecule has 0 bridgehead atoms. The molecule has 0 unspecified atom stereocenters. The topological polar surface area (TPSA) is 62.4 Å². The lowest BCUT2D eigenvalue weighted by Gasteiger charge is -1.96. The van der Waals surface area contributed by atoms with Crippen molar-refractivity contribution in [3.05, 3.63) is 22.2 Å². The number of ether oxygens (including phenoxy) is 1. The number of halogens is 1. The zero-order valence-electron chi connectivity index (χ0n) is 6.19. The first kappa shape index (κ1) is 8.73. The lowest BCUT2D eigenvalue weighted by Crippen LogP contribution is -1.95. The summed E-state index contributed by atoms with van der Waals surface area (Å²) in [6, 6.07) is 2.73. The van der Waals surface area contributed by atoms with E-state index in [1.807, 2.05) is 0 Å². The Balaban J connectivity index is 3.12. The molecule has 0 amide bonds. The molecule has 1 rings (SSSR count). The molecule has 1 aromatic heterocycles. The fourth-order valence-electron chi connectivity index (χ4n) is 0.667. The molecular formula is C6H6ClN2O3+. The Kier molecular flexibility index (Phi) is 2.44. The molecule has 5 nitrogen and oxygen atoms in total. The molecule has 6 heteroatoms. The monoisotopic (exact) mass is 189 g/mol. The van der Waals surface area contributed by atoms with Crippen LogP contribution in [0.3, 0.4) is 0 Å². The van der Waals surface area contributed by atoms with Gasteiger partial charge in [-0.05, 0) is 0 Å². The summed E-state index contributed by atoms with van der Waals surface area (Å²) >= 11 is 5.51. The Hall–Kier alpha value is -1.36. The maximum absolute atomic E-state index is 10.4. The van der Waals surface area contributed by atoms with Crippen molar-refractivity contribution in [2.75, 3.05) is 7.11 Å². The van der Waals surface area contributed by atoms with Crippen LogP contribution in [0, 0.1) is 4.91 Å². The molecule has 1 aromatic rings. The Morgan fingerprint density at radius 3 is 2.75 bits per heavy atom. The quantitative estimate of drug-likeness (QED) is 0.566. The highest BCUT2D eigenvalue weighted by Gasteiger charge is 2.18. The summed E-state index contributed by atoms with van der Waals surface area (Å²) in [6.45, 7) is 0. The molecule has 0 fully saturated rings. The molecule has 0 saturated carbocycles. The van der Waals surface area contributed by atoms with Gasteiger partial charge in [0, 0.05) is 12.1 Å². The molecular weight excluding hydrogens is 184 g/mol. The second kappa shape index (κ2) is 3.36. The van der Waals surface area contributed by atoms with Gasteiger partial charge in [-0.3, -0.25) is 0 Å². The highest BCUT2D eigenvalue weighted by atomic mass is 35.5. The molecule has 0 radical (unpaired) electrons. The summed E-state index contributed by atoms with van der Waals surface area (Å²) < 4.78 is 4.73. The van der Waals surface area contributed by atoms with Crippen molar-refractivity contribution in [1.29, 1.82) is 0 Å². The zero-order valence-corrected chi connectivity index (χ0v) is 6.95. The number of pyridine rings is 1. The molecule has 0 aliphatic heterocycles. The van der Waals surface area contributed by atoms with Crippen LogP contribution in [0.25, 0.3) is 0 Å². The van der Waals surface area contributed by atoms with E-state index in [-0.39, 0.29) is 21.6 Å². The van der Waals surface area contributed by atoms with Gasteiger partial charge in [-0.15, -0.1) is 0 Å². The lowest BCUT2D eigenvalue weighted by atomic mass is 10.4. The third-order valence-electron chi connectivity index (χ3n) is 1.22. The summed E-state index contributed by atoms with van der Waals surface area (Å²) in [5.41, 5.74) is -0.113. The van der Waals surface area contributed by atoms with Crippen molar-refractivity contribution >= 4 is 17.3 Å². The van der Waals surface area contributed by atoms with Crippen molar-refractivity contribution in [3.8, 4) is 5.88 Å². The number of rotatable bonds is 2. The van der Waals surface area contributed by atoms with Gasteiger partial charge in [-0.2, -0.15) is 4.98 Å². The maximum Gasteiger partial charge on any atom is 0.353 e. The second-order valence-electron chi connectivity index (χ2n) is 1.94. The van der Waals surface area contributed by atoms with E-state index in [1.165, 1.54) is 19.2 Å². The SMILES string of the molecule is COc1ccc([N+](=O)O)c(Cl)n1. The number of nitrogens with zero attached hydrogens (tertiary/aromatic N) is 2. The normalized spacial score (nSPS) is 9.50. The van der Waals surface area contributed by atoms with E-state index in [9.17, 15) is 4.91 Å². The Morgan fingerprint density at radius 1 is 1.67 bits per heavy atom. The summed E-state index contributed by atoms with van der Waals surface area (Å²) in [5.74, 6) is 0.283. The van der Waals surface area contributed by atoms with Crippen LogP contribution in [0.4, 0.5) is 5.69 Å². The van der Waals surface area contributed by atoms with E-state index in [1.54, 1.807) is 0 Å². The molecule has 0 atom stereocenters. The fraction of sp³-hybridized carbons (Fsp3) is 0.167. The average molecular weight is 190 g/mol. The molecule has 0 saturated heterocycles. The van der Waals surface area contributed by atoms with E-state index in [2.05, 4.69) is 4.98 Å². The average Bonchev–Trinajstić information content (AvgIpc) is 2.03. The first-order valence-electron chi connectivity index (χ1n) is 3.02. The van der Waals surface area contributed by atoms with Gasteiger partial charge in [0.25, 0.3) is 4.92 Å². The number of aromatic nitrogens is 1. The molecule has 64 valence electrons. The Bertz CT molecular complexity index is 316. The second-order valence-corrected chi connectivity index (χ2v) is 2.29.